The van der Waals surface area contributed by atoms with Gasteiger partial charge in [0.15, 0.2) is 0 Å². The van der Waals surface area contributed by atoms with E-state index >= 15 is 0 Å². The Bertz CT molecular complexity index is 1230. The van der Waals surface area contributed by atoms with Crippen molar-refractivity contribution in [3.63, 3.8) is 0 Å². The van der Waals surface area contributed by atoms with Gasteiger partial charge in [-0.15, -0.1) is 11.3 Å². The smallest absolute Gasteiger partial charge is 0.264 e. The SMILES string of the molecule is C/C=C/c1ccccc1OCc1csc(C(=O)N2CCN(S(=O)(=O)c3ccccc3)CC2)c1. The van der Waals surface area contributed by atoms with Crippen LogP contribution in [0.4, 0.5) is 0 Å². The monoisotopic (exact) mass is 482 g/mol. The number of carbonyl (C=O) groups excluding carboxylic acids is 1. The van der Waals surface area contributed by atoms with E-state index in [2.05, 4.69) is 0 Å². The Morgan fingerprint density at radius 3 is 2.45 bits per heavy atom. The first-order valence-electron chi connectivity index (χ1n) is 10.8. The van der Waals surface area contributed by atoms with Gasteiger partial charge in [0.05, 0.1) is 9.77 Å². The number of carbonyl (C=O) groups is 1. The van der Waals surface area contributed by atoms with Crippen molar-refractivity contribution in [2.45, 2.75) is 18.4 Å². The third-order valence-corrected chi connectivity index (χ3v) is 8.31. The number of nitrogens with zero attached hydrogens (tertiary/aromatic N) is 2. The molecule has 0 aliphatic carbocycles. The summed E-state index contributed by atoms with van der Waals surface area (Å²) in [6.07, 6.45) is 3.96. The quantitative estimate of drug-likeness (QED) is 0.497. The molecule has 0 atom stereocenters. The van der Waals surface area contributed by atoms with Gasteiger partial charge in [0.25, 0.3) is 5.91 Å². The van der Waals surface area contributed by atoms with Gasteiger partial charge in [-0.05, 0) is 36.6 Å². The van der Waals surface area contributed by atoms with E-state index in [1.165, 1.54) is 15.6 Å². The van der Waals surface area contributed by atoms with E-state index in [9.17, 15) is 13.2 Å². The number of thiophene rings is 1. The number of para-hydroxylation sites is 1. The number of hydrogen-bond donors (Lipinski definition) is 0. The molecule has 2 heterocycles. The van der Waals surface area contributed by atoms with E-state index in [0.717, 1.165) is 16.9 Å². The molecule has 3 aromatic rings. The maximum absolute atomic E-state index is 13.0. The lowest BCUT2D eigenvalue weighted by Gasteiger charge is -2.33. The Kier molecular flexibility index (Phi) is 7.27. The average Bonchev–Trinajstić information content (AvgIpc) is 3.33. The highest BCUT2D eigenvalue weighted by atomic mass is 32.2. The minimum Gasteiger partial charge on any atom is -0.488 e. The summed E-state index contributed by atoms with van der Waals surface area (Å²) < 4.78 is 33.0. The Labute approximate surface area is 198 Å². The maximum Gasteiger partial charge on any atom is 0.264 e. The molecule has 6 nitrogen and oxygen atoms in total. The zero-order valence-electron chi connectivity index (χ0n) is 18.4. The summed E-state index contributed by atoms with van der Waals surface area (Å²) in [4.78, 5) is 15.6. The van der Waals surface area contributed by atoms with Gasteiger partial charge < -0.3 is 9.64 Å². The lowest BCUT2D eigenvalue weighted by atomic mass is 10.2. The summed E-state index contributed by atoms with van der Waals surface area (Å²) >= 11 is 1.39. The van der Waals surface area contributed by atoms with E-state index in [0.29, 0.717) is 24.6 Å². The van der Waals surface area contributed by atoms with Crippen LogP contribution in [0.5, 0.6) is 5.75 Å². The van der Waals surface area contributed by atoms with E-state index in [1.54, 1.807) is 35.2 Å². The second kappa shape index (κ2) is 10.3. The molecule has 8 heteroatoms. The molecule has 1 amide bonds. The highest BCUT2D eigenvalue weighted by Gasteiger charge is 2.30. The Balaban J connectivity index is 1.35. The second-order valence-electron chi connectivity index (χ2n) is 7.66. The van der Waals surface area contributed by atoms with E-state index < -0.39 is 10.0 Å². The van der Waals surface area contributed by atoms with Crippen LogP contribution in [-0.2, 0) is 16.6 Å². The lowest BCUT2D eigenvalue weighted by Crippen LogP contribution is -2.50. The van der Waals surface area contributed by atoms with Crippen molar-refractivity contribution >= 4 is 33.3 Å². The molecule has 0 N–H and O–H groups in total. The average molecular weight is 483 g/mol. The number of amides is 1. The normalized spacial score (nSPS) is 15.1. The molecule has 0 bridgehead atoms. The van der Waals surface area contributed by atoms with Gasteiger partial charge in [0.1, 0.15) is 12.4 Å². The van der Waals surface area contributed by atoms with Gasteiger partial charge in [-0.3, -0.25) is 4.79 Å². The van der Waals surface area contributed by atoms with Crippen LogP contribution in [0.1, 0.15) is 27.7 Å². The number of hydrogen-bond acceptors (Lipinski definition) is 5. The number of rotatable bonds is 7. The zero-order valence-corrected chi connectivity index (χ0v) is 20.0. The van der Waals surface area contributed by atoms with Crippen molar-refractivity contribution < 1.29 is 17.9 Å². The van der Waals surface area contributed by atoms with E-state index in [-0.39, 0.29) is 23.9 Å². The maximum atomic E-state index is 13.0. The van der Waals surface area contributed by atoms with Crippen LogP contribution in [0.3, 0.4) is 0 Å². The summed E-state index contributed by atoms with van der Waals surface area (Å²) in [7, 11) is -3.54. The largest absolute Gasteiger partial charge is 0.488 e. The van der Waals surface area contributed by atoms with Crippen molar-refractivity contribution in [2.75, 3.05) is 26.2 Å². The van der Waals surface area contributed by atoms with Crippen molar-refractivity contribution in [2.24, 2.45) is 0 Å². The highest BCUT2D eigenvalue weighted by Crippen LogP contribution is 2.24. The standard InChI is InChI=1S/C25H26N2O4S2/c1-2-8-21-9-6-7-12-23(21)31-18-20-17-24(32-19-20)25(28)26-13-15-27(16-14-26)33(29,30)22-10-4-3-5-11-22/h2-12,17,19H,13-16,18H2,1H3/b8-2+. The molecule has 1 saturated heterocycles. The van der Waals surface area contributed by atoms with Crippen LogP contribution in [0.15, 0.2) is 77.0 Å². The molecule has 0 radical (unpaired) electrons. The molecule has 2 aromatic carbocycles. The fourth-order valence-electron chi connectivity index (χ4n) is 3.68. The summed E-state index contributed by atoms with van der Waals surface area (Å²) in [6.45, 7) is 3.64. The molecule has 172 valence electrons. The highest BCUT2D eigenvalue weighted by molar-refractivity contribution is 7.89. The first kappa shape index (κ1) is 23.2. The summed E-state index contributed by atoms with van der Waals surface area (Å²) in [5.74, 6) is 0.725. The zero-order chi connectivity index (χ0) is 23.3. The van der Waals surface area contributed by atoms with Crippen LogP contribution in [-0.4, -0.2) is 49.7 Å². The molecule has 0 saturated carbocycles. The molecular weight excluding hydrogens is 456 g/mol. The predicted octanol–water partition coefficient (Wildman–Crippen LogP) is 4.51. The van der Waals surface area contributed by atoms with Crippen LogP contribution in [0, 0.1) is 0 Å². The lowest BCUT2D eigenvalue weighted by molar-refractivity contribution is 0.0702. The molecule has 1 fully saturated rings. The minimum atomic E-state index is -3.54. The van der Waals surface area contributed by atoms with E-state index in [4.69, 9.17) is 4.74 Å². The molecule has 33 heavy (non-hydrogen) atoms. The van der Waals surface area contributed by atoms with Crippen molar-refractivity contribution in [1.29, 1.82) is 0 Å². The van der Waals surface area contributed by atoms with Crippen LogP contribution in [0.25, 0.3) is 6.08 Å². The van der Waals surface area contributed by atoms with Crippen molar-refractivity contribution in [1.82, 2.24) is 9.21 Å². The van der Waals surface area contributed by atoms with E-state index in [1.807, 2.05) is 54.8 Å². The predicted molar refractivity (Wildman–Crippen MR) is 131 cm³/mol. The second-order valence-corrected chi connectivity index (χ2v) is 10.5. The van der Waals surface area contributed by atoms with Gasteiger partial charge >= 0.3 is 0 Å². The minimum absolute atomic E-state index is 0.0719. The summed E-state index contributed by atoms with van der Waals surface area (Å²) in [5.41, 5.74) is 1.94. The molecule has 1 aliphatic rings. The van der Waals surface area contributed by atoms with Crippen molar-refractivity contribution in [3.05, 3.63) is 88.1 Å². The first-order chi connectivity index (χ1) is 16.0. The third kappa shape index (κ3) is 5.35. The topological polar surface area (TPSA) is 66.9 Å². The molecule has 0 unspecified atom stereocenters. The number of benzene rings is 2. The van der Waals surface area contributed by atoms with Gasteiger partial charge in [0, 0.05) is 37.3 Å². The number of sulfonamides is 1. The van der Waals surface area contributed by atoms with Crippen LogP contribution >= 0.6 is 11.3 Å². The molecule has 1 aliphatic heterocycles. The van der Waals surface area contributed by atoms with Gasteiger partial charge in [0.2, 0.25) is 10.0 Å². The third-order valence-electron chi connectivity index (χ3n) is 5.43. The Morgan fingerprint density at radius 1 is 1.03 bits per heavy atom. The summed E-state index contributed by atoms with van der Waals surface area (Å²) in [6, 6.07) is 18.1. The summed E-state index contributed by atoms with van der Waals surface area (Å²) in [5, 5.41) is 1.93. The fraction of sp³-hybridized carbons (Fsp3) is 0.240. The molecular formula is C25H26N2O4S2. The molecule has 0 spiro atoms. The number of piperazine rings is 1. The van der Waals surface area contributed by atoms with Gasteiger partial charge in [-0.1, -0.05) is 48.6 Å². The van der Waals surface area contributed by atoms with Crippen molar-refractivity contribution in [3.8, 4) is 5.75 Å². The molecule has 4 rings (SSSR count). The Morgan fingerprint density at radius 2 is 1.73 bits per heavy atom. The Hall–Kier alpha value is -2.94. The van der Waals surface area contributed by atoms with Gasteiger partial charge in [-0.25, -0.2) is 8.42 Å². The fourth-order valence-corrected chi connectivity index (χ4v) is 5.99. The number of allylic oxidation sites excluding steroid dienone is 1. The van der Waals surface area contributed by atoms with Crippen LogP contribution < -0.4 is 4.74 Å². The molecule has 1 aromatic heterocycles. The van der Waals surface area contributed by atoms with Gasteiger partial charge in [-0.2, -0.15) is 4.31 Å². The van der Waals surface area contributed by atoms with Crippen LogP contribution in [0.2, 0.25) is 0 Å². The number of ether oxygens (including phenoxy) is 1. The first-order valence-corrected chi connectivity index (χ1v) is 13.1.